The second-order valence-electron chi connectivity index (χ2n) is 6.59. The summed E-state index contributed by atoms with van der Waals surface area (Å²) in [6.07, 6.45) is 11.0. The Morgan fingerprint density at radius 1 is 1.26 bits per heavy atom. The van der Waals surface area contributed by atoms with Crippen LogP contribution in [0.5, 0.6) is 0 Å². The molecule has 2 rings (SSSR count). The van der Waals surface area contributed by atoms with Crippen LogP contribution in [-0.2, 0) is 4.79 Å². The van der Waals surface area contributed by atoms with Crippen molar-refractivity contribution in [1.82, 2.24) is 4.90 Å². The molecule has 0 spiro atoms. The fourth-order valence-corrected chi connectivity index (χ4v) is 4.03. The van der Waals surface area contributed by atoms with Gasteiger partial charge in [0.2, 0.25) is 0 Å². The van der Waals surface area contributed by atoms with Crippen molar-refractivity contribution in [3.05, 3.63) is 0 Å². The Balaban J connectivity index is 1.88. The molecule has 1 saturated carbocycles. The fraction of sp³-hybridized carbons (Fsp3) is 0.941. The number of rotatable bonds is 7. The van der Waals surface area contributed by atoms with Crippen LogP contribution in [0, 0.1) is 11.8 Å². The van der Waals surface area contributed by atoms with Gasteiger partial charge >= 0.3 is 0 Å². The molecule has 1 aliphatic carbocycles. The Hall–Kier alpha value is -0.370. The SMILES string of the molecule is CCCCC(CC)CN1CCCC1C1CCCC1=O. The van der Waals surface area contributed by atoms with Gasteiger partial charge in [-0.25, -0.2) is 0 Å². The van der Waals surface area contributed by atoms with Crippen molar-refractivity contribution in [2.24, 2.45) is 11.8 Å². The summed E-state index contributed by atoms with van der Waals surface area (Å²) in [4.78, 5) is 14.7. The maximum atomic E-state index is 12.0. The van der Waals surface area contributed by atoms with Crippen LogP contribution in [-0.4, -0.2) is 29.8 Å². The molecule has 2 nitrogen and oxygen atoms in total. The van der Waals surface area contributed by atoms with E-state index in [0.29, 0.717) is 17.7 Å². The van der Waals surface area contributed by atoms with Crippen LogP contribution in [0.4, 0.5) is 0 Å². The summed E-state index contributed by atoms with van der Waals surface area (Å²) >= 11 is 0. The van der Waals surface area contributed by atoms with Gasteiger partial charge in [-0.15, -0.1) is 0 Å². The highest BCUT2D eigenvalue weighted by molar-refractivity contribution is 5.83. The van der Waals surface area contributed by atoms with Crippen molar-refractivity contribution < 1.29 is 4.79 Å². The lowest BCUT2D eigenvalue weighted by molar-refractivity contribution is -0.122. The maximum Gasteiger partial charge on any atom is 0.137 e. The van der Waals surface area contributed by atoms with Crippen LogP contribution < -0.4 is 0 Å². The van der Waals surface area contributed by atoms with Crippen molar-refractivity contribution in [1.29, 1.82) is 0 Å². The standard InChI is InChI=1S/C17H31NO/c1-3-5-8-14(4-2)13-18-12-7-10-16(18)15-9-6-11-17(15)19/h14-16H,3-13H2,1-2H3. The molecule has 0 aromatic carbocycles. The van der Waals surface area contributed by atoms with Crippen molar-refractivity contribution in [2.45, 2.75) is 77.7 Å². The number of hydrogen-bond donors (Lipinski definition) is 0. The Kier molecular flexibility index (Phi) is 5.87. The molecular formula is C17H31NO. The molecule has 2 fully saturated rings. The molecule has 3 atom stereocenters. The van der Waals surface area contributed by atoms with Gasteiger partial charge in [-0.1, -0.05) is 33.1 Å². The Bertz CT molecular complexity index is 289. The maximum absolute atomic E-state index is 12.0. The predicted octanol–water partition coefficient (Wildman–Crippen LogP) is 4.04. The molecule has 2 heteroatoms. The summed E-state index contributed by atoms with van der Waals surface area (Å²) < 4.78 is 0. The summed E-state index contributed by atoms with van der Waals surface area (Å²) in [6.45, 7) is 7.08. The monoisotopic (exact) mass is 265 g/mol. The predicted molar refractivity (Wildman–Crippen MR) is 80.2 cm³/mol. The summed E-state index contributed by atoms with van der Waals surface area (Å²) in [5.74, 6) is 1.78. The fourth-order valence-electron chi connectivity index (χ4n) is 4.03. The highest BCUT2D eigenvalue weighted by Crippen LogP contribution is 2.34. The normalized spacial score (nSPS) is 30.1. The number of carbonyl (C=O) groups excluding carboxylic acids is 1. The van der Waals surface area contributed by atoms with Crippen LogP contribution in [0.2, 0.25) is 0 Å². The minimum atomic E-state index is 0.381. The molecule has 19 heavy (non-hydrogen) atoms. The summed E-state index contributed by atoms with van der Waals surface area (Å²) in [7, 11) is 0. The molecule has 0 aromatic rings. The van der Waals surface area contributed by atoms with E-state index in [1.807, 2.05) is 0 Å². The van der Waals surface area contributed by atoms with E-state index < -0.39 is 0 Å². The molecule has 1 saturated heterocycles. The van der Waals surface area contributed by atoms with Crippen molar-refractivity contribution >= 4 is 5.78 Å². The van der Waals surface area contributed by atoms with Gasteiger partial charge in [0.15, 0.2) is 0 Å². The van der Waals surface area contributed by atoms with Gasteiger partial charge in [0.05, 0.1) is 0 Å². The molecular weight excluding hydrogens is 234 g/mol. The van der Waals surface area contributed by atoms with Crippen LogP contribution in [0.25, 0.3) is 0 Å². The molecule has 1 aliphatic heterocycles. The van der Waals surface area contributed by atoms with Crippen LogP contribution in [0.15, 0.2) is 0 Å². The average Bonchev–Trinajstić information content (AvgIpc) is 3.02. The highest BCUT2D eigenvalue weighted by Gasteiger charge is 2.38. The molecule has 110 valence electrons. The first kappa shape index (κ1) is 15.0. The molecule has 0 amide bonds. The van der Waals surface area contributed by atoms with Gasteiger partial charge in [0.25, 0.3) is 0 Å². The molecule has 2 aliphatic rings. The minimum Gasteiger partial charge on any atom is -0.299 e. The third-order valence-electron chi connectivity index (χ3n) is 5.27. The van der Waals surface area contributed by atoms with E-state index in [9.17, 15) is 4.79 Å². The van der Waals surface area contributed by atoms with E-state index in [1.165, 1.54) is 51.6 Å². The smallest absolute Gasteiger partial charge is 0.137 e. The largest absolute Gasteiger partial charge is 0.299 e. The molecule has 1 heterocycles. The van der Waals surface area contributed by atoms with Crippen LogP contribution in [0.1, 0.15) is 71.6 Å². The number of Topliss-reactive ketones (excluding diaryl/α,β-unsaturated/α-hetero) is 1. The number of ketones is 1. The van der Waals surface area contributed by atoms with Crippen molar-refractivity contribution in [3.8, 4) is 0 Å². The zero-order chi connectivity index (χ0) is 13.7. The zero-order valence-corrected chi connectivity index (χ0v) is 12.9. The van der Waals surface area contributed by atoms with Gasteiger partial charge in [-0.2, -0.15) is 0 Å². The van der Waals surface area contributed by atoms with E-state index in [-0.39, 0.29) is 0 Å². The topological polar surface area (TPSA) is 20.3 Å². The first-order chi connectivity index (χ1) is 9.26. The van der Waals surface area contributed by atoms with Crippen LogP contribution in [0.3, 0.4) is 0 Å². The third-order valence-corrected chi connectivity index (χ3v) is 5.27. The number of likely N-dealkylation sites (tertiary alicyclic amines) is 1. The molecule has 0 N–H and O–H groups in total. The lowest BCUT2D eigenvalue weighted by Gasteiger charge is -2.31. The highest BCUT2D eigenvalue weighted by atomic mass is 16.1. The first-order valence-corrected chi connectivity index (χ1v) is 8.53. The lowest BCUT2D eigenvalue weighted by Crippen LogP contribution is -2.40. The van der Waals surface area contributed by atoms with Gasteiger partial charge in [-0.3, -0.25) is 9.69 Å². The number of unbranched alkanes of at least 4 members (excludes halogenated alkanes) is 1. The zero-order valence-electron chi connectivity index (χ0n) is 12.9. The second-order valence-corrected chi connectivity index (χ2v) is 6.59. The van der Waals surface area contributed by atoms with Crippen LogP contribution >= 0.6 is 0 Å². The molecule has 0 radical (unpaired) electrons. The first-order valence-electron chi connectivity index (χ1n) is 8.53. The second kappa shape index (κ2) is 7.42. The minimum absolute atomic E-state index is 0.381. The van der Waals surface area contributed by atoms with E-state index in [0.717, 1.165) is 25.2 Å². The summed E-state index contributed by atoms with van der Waals surface area (Å²) in [5, 5.41) is 0. The third kappa shape index (κ3) is 3.81. The van der Waals surface area contributed by atoms with Gasteiger partial charge in [-0.05, 0) is 44.6 Å². The van der Waals surface area contributed by atoms with Gasteiger partial charge < -0.3 is 0 Å². The van der Waals surface area contributed by atoms with E-state index >= 15 is 0 Å². The number of carbonyl (C=O) groups is 1. The number of hydrogen-bond acceptors (Lipinski definition) is 2. The van der Waals surface area contributed by atoms with Gasteiger partial charge in [0.1, 0.15) is 5.78 Å². The Morgan fingerprint density at radius 3 is 2.74 bits per heavy atom. The molecule has 3 unspecified atom stereocenters. The Morgan fingerprint density at radius 2 is 2.11 bits per heavy atom. The average molecular weight is 265 g/mol. The Labute approximate surface area is 118 Å². The number of nitrogens with zero attached hydrogens (tertiary/aromatic N) is 1. The molecule has 0 aromatic heterocycles. The summed E-state index contributed by atoms with van der Waals surface area (Å²) in [6, 6.07) is 0.589. The van der Waals surface area contributed by atoms with E-state index in [2.05, 4.69) is 18.7 Å². The van der Waals surface area contributed by atoms with Crippen molar-refractivity contribution in [2.75, 3.05) is 13.1 Å². The summed E-state index contributed by atoms with van der Waals surface area (Å²) in [5.41, 5.74) is 0. The molecule has 0 bridgehead atoms. The lowest BCUT2D eigenvalue weighted by atomic mass is 9.93. The van der Waals surface area contributed by atoms with E-state index in [4.69, 9.17) is 0 Å². The van der Waals surface area contributed by atoms with Gasteiger partial charge in [0, 0.05) is 24.9 Å². The van der Waals surface area contributed by atoms with E-state index in [1.54, 1.807) is 0 Å². The van der Waals surface area contributed by atoms with Crippen molar-refractivity contribution in [3.63, 3.8) is 0 Å². The quantitative estimate of drug-likeness (QED) is 0.692.